The predicted molar refractivity (Wildman–Crippen MR) is 95.6 cm³/mol. The van der Waals surface area contributed by atoms with Crippen molar-refractivity contribution in [3.63, 3.8) is 0 Å². The van der Waals surface area contributed by atoms with Crippen LogP contribution in [0.25, 0.3) is 5.69 Å². The second kappa shape index (κ2) is 6.91. The lowest BCUT2D eigenvalue weighted by Gasteiger charge is -2.25. The van der Waals surface area contributed by atoms with Crippen molar-refractivity contribution in [3.05, 3.63) is 45.3 Å². The molecule has 0 amide bonds. The standard InChI is InChI=1S/C17H20IN3O/c1-13-16(17(22)12-20-9-3-2-4-10-20)11-19-21(13)15-7-5-14(18)6-8-15/h5-8,11H,2-4,9-10,12H2,1H3. The van der Waals surface area contributed by atoms with Crippen molar-refractivity contribution in [1.29, 1.82) is 0 Å². The summed E-state index contributed by atoms with van der Waals surface area (Å²) in [5.41, 5.74) is 2.65. The lowest BCUT2D eigenvalue weighted by Crippen LogP contribution is -2.34. The van der Waals surface area contributed by atoms with Crippen LogP contribution in [-0.4, -0.2) is 40.1 Å². The molecule has 22 heavy (non-hydrogen) atoms. The minimum atomic E-state index is 0.177. The largest absolute Gasteiger partial charge is 0.296 e. The van der Waals surface area contributed by atoms with Crippen LogP contribution in [0.1, 0.15) is 35.3 Å². The van der Waals surface area contributed by atoms with E-state index in [1.807, 2.05) is 35.9 Å². The number of nitrogens with zero attached hydrogens (tertiary/aromatic N) is 3. The molecule has 116 valence electrons. The number of hydrogen-bond donors (Lipinski definition) is 0. The molecule has 3 rings (SSSR count). The van der Waals surface area contributed by atoms with E-state index in [2.05, 4.69) is 32.6 Å². The summed E-state index contributed by atoms with van der Waals surface area (Å²) in [4.78, 5) is 14.8. The van der Waals surface area contributed by atoms with E-state index in [1.54, 1.807) is 6.20 Å². The molecule has 0 radical (unpaired) electrons. The van der Waals surface area contributed by atoms with E-state index in [4.69, 9.17) is 0 Å². The van der Waals surface area contributed by atoms with Crippen LogP contribution in [0, 0.1) is 10.5 Å². The van der Waals surface area contributed by atoms with E-state index in [0.717, 1.165) is 30.0 Å². The van der Waals surface area contributed by atoms with Gasteiger partial charge in [0, 0.05) is 3.57 Å². The number of Topliss-reactive ketones (excluding diaryl/α,β-unsaturated/α-hetero) is 1. The molecular weight excluding hydrogens is 389 g/mol. The van der Waals surface area contributed by atoms with Crippen molar-refractivity contribution in [2.75, 3.05) is 19.6 Å². The highest BCUT2D eigenvalue weighted by Gasteiger charge is 2.19. The molecule has 0 bridgehead atoms. The number of hydrogen-bond acceptors (Lipinski definition) is 3. The third kappa shape index (κ3) is 3.41. The molecule has 1 aliphatic heterocycles. The van der Waals surface area contributed by atoms with Crippen LogP contribution in [0.5, 0.6) is 0 Å². The molecule has 0 saturated carbocycles. The lowest BCUT2D eigenvalue weighted by molar-refractivity contribution is 0.0915. The van der Waals surface area contributed by atoms with E-state index >= 15 is 0 Å². The van der Waals surface area contributed by atoms with Gasteiger partial charge in [0.15, 0.2) is 5.78 Å². The quantitative estimate of drug-likeness (QED) is 0.574. The van der Waals surface area contributed by atoms with Gasteiger partial charge in [-0.15, -0.1) is 0 Å². The van der Waals surface area contributed by atoms with Crippen LogP contribution in [0.4, 0.5) is 0 Å². The van der Waals surface area contributed by atoms with Gasteiger partial charge in [-0.1, -0.05) is 6.42 Å². The average molecular weight is 409 g/mol. The van der Waals surface area contributed by atoms with Crippen LogP contribution >= 0.6 is 22.6 Å². The molecule has 0 spiro atoms. The Morgan fingerprint density at radius 3 is 2.55 bits per heavy atom. The number of likely N-dealkylation sites (tertiary alicyclic amines) is 1. The van der Waals surface area contributed by atoms with Gasteiger partial charge in [0.25, 0.3) is 0 Å². The molecule has 1 fully saturated rings. The molecule has 2 aromatic rings. The fourth-order valence-electron chi connectivity index (χ4n) is 2.93. The zero-order valence-corrected chi connectivity index (χ0v) is 14.9. The van der Waals surface area contributed by atoms with Gasteiger partial charge in [-0.3, -0.25) is 9.69 Å². The highest BCUT2D eigenvalue weighted by molar-refractivity contribution is 14.1. The van der Waals surface area contributed by atoms with Crippen LogP contribution in [0.3, 0.4) is 0 Å². The van der Waals surface area contributed by atoms with Gasteiger partial charge in [-0.25, -0.2) is 4.68 Å². The molecule has 1 aliphatic rings. The normalized spacial score (nSPS) is 15.9. The smallest absolute Gasteiger partial charge is 0.180 e. The summed E-state index contributed by atoms with van der Waals surface area (Å²) in [7, 11) is 0. The van der Waals surface area contributed by atoms with Crippen molar-refractivity contribution in [3.8, 4) is 5.69 Å². The molecule has 0 aliphatic carbocycles. The SMILES string of the molecule is Cc1c(C(=O)CN2CCCCC2)cnn1-c1ccc(I)cc1. The average Bonchev–Trinajstić information content (AvgIpc) is 2.91. The van der Waals surface area contributed by atoms with Gasteiger partial charge >= 0.3 is 0 Å². The Bertz CT molecular complexity index is 657. The maximum absolute atomic E-state index is 12.5. The summed E-state index contributed by atoms with van der Waals surface area (Å²) in [6, 6.07) is 8.15. The summed E-state index contributed by atoms with van der Waals surface area (Å²) in [5, 5.41) is 4.40. The van der Waals surface area contributed by atoms with Crippen molar-refractivity contribution < 1.29 is 4.79 Å². The number of piperidine rings is 1. The fourth-order valence-corrected chi connectivity index (χ4v) is 3.29. The van der Waals surface area contributed by atoms with E-state index in [-0.39, 0.29) is 5.78 Å². The summed E-state index contributed by atoms with van der Waals surface area (Å²) in [6.07, 6.45) is 5.40. The first-order valence-corrected chi connectivity index (χ1v) is 8.79. The van der Waals surface area contributed by atoms with E-state index in [9.17, 15) is 4.79 Å². The number of halogens is 1. The summed E-state index contributed by atoms with van der Waals surface area (Å²) in [5.74, 6) is 0.177. The Morgan fingerprint density at radius 1 is 1.18 bits per heavy atom. The fraction of sp³-hybridized carbons (Fsp3) is 0.412. The van der Waals surface area contributed by atoms with Crippen LogP contribution < -0.4 is 0 Å². The molecule has 1 aromatic heterocycles. The highest BCUT2D eigenvalue weighted by Crippen LogP contribution is 2.17. The molecule has 1 saturated heterocycles. The van der Waals surface area contributed by atoms with Crippen molar-refractivity contribution in [2.24, 2.45) is 0 Å². The first kappa shape index (κ1) is 15.7. The Balaban J connectivity index is 1.77. The zero-order chi connectivity index (χ0) is 15.5. The molecule has 4 nitrogen and oxygen atoms in total. The van der Waals surface area contributed by atoms with Crippen molar-refractivity contribution >= 4 is 28.4 Å². The number of aromatic nitrogens is 2. The van der Waals surface area contributed by atoms with Gasteiger partial charge in [0.05, 0.1) is 29.7 Å². The van der Waals surface area contributed by atoms with E-state index < -0.39 is 0 Å². The monoisotopic (exact) mass is 409 g/mol. The second-order valence-electron chi connectivity index (χ2n) is 5.79. The van der Waals surface area contributed by atoms with E-state index in [1.165, 1.54) is 22.8 Å². The van der Waals surface area contributed by atoms with Crippen molar-refractivity contribution in [2.45, 2.75) is 26.2 Å². The Kier molecular flexibility index (Phi) is 4.93. The molecule has 0 unspecified atom stereocenters. The zero-order valence-electron chi connectivity index (χ0n) is 12.8. The topological polar surface area (TPSA) is 38.1 Å². The first-order chi connectivity index (χ1) is 10.6. The molecule has 0 N–H and O–H groups in total. The number of carbonyl (C=O) groups is 1. The van der Waals surface area contributed by atoms with Crippen molar-refractivity contribution in [1.82, 2.24) is 14.7 Å². The minimum Gasteiger partial charge on any atom is -0.296 e. The maximum atomic E-state index is 12.5. The third-order valence-electron chi connectivity index (χ3n) is 4.20. The van der Waals surface area contributed by atoms with Gasteiger partial charge < -0.3 is 0 Å². The first-order valence-electron chi connectivity index (χ1n) is 7.71. The molecular formula is C17H20IN3O. The number of carbonyl (C=O) groups excluding carboxylic acids is 1. The summed E-state index contributed by atoms with van der Waals surface area (Å²) < 4.78 is 3.03. The predicted octanol–water partition coefficient (Wildman–Crippen LogP) is 3.45. The lowest BCUT2D eigenvalue weighted by atomic mass is 10.1. The molecule has 0 atom stereocenters. The maximum Gasteiger partial charge on any atom is 0.180 e. The Morgan fingerprint density at radius 2 is 1.86 bits per heavy atom. The van der Waals surface area contributed by atoms with Gasteiger partial charge in [0.2, 0.25) is 0 Å². The summed E-state index contributed by atoms with van der Waals surface area (Å²) >= 11 is 2.28. The highest BCUT2D eigenvalue weighted by atomic mass is 127. The number of ketones is 1. The Hall–Kier alpha value is -1.21. The number of benzene rings is 1. The van der Waals surface area contributed by atoms with Gasteiger partial charge in [-0.2, -0.15) is 5.10 Å². The third-order valence-corrected chi connectivity index (χ3v) is 4.92. The number of rotatable bonds is 4. The van der Waals surface area contributed by atoms with Crippen LogP contribution in [-0.2, 0) is 0 Å². The molecule has 2 heterocycles. The Labute approximate surface area is 144 Å². The van der Waals surface area contributed by atoms with Crippen LogP contribution in [0.15, 0.2) is 30.5 Å². The van der Waals surface area contributed by atoms with Gasteiger partial charge in [0.1, 0.15) is 0 Å². The van der Waals surface area contributed by atoms with E-state index in [0.29, 0.717) is 6.54 Å². The van der Waals surface area contributed by atoms with Crippen LogP contribution in [0.2, 0.25) is 0 Å². The minimum absolute atomic E-state index is 0.177. The van der Waals surface area contributed by atoms with Gasteiger partial charge in [-0.05, 0) is 79.7 Å². The summed E-state index contributed by atoms with van der Waals surface area (Å²) in [6.45, 7) is 4.56. The molecule has 5 heteroatoms. The second-order valence-corrected chi connectivity index (χ2v) is 7.04. The molecule has 1 aromatic carbocycles.